The van der Waals surface area contributed by atoms with Gasteiger partial charge in [0.25, 0.3) is 0 Å². The average molecular weight is 88.9 g/mol. The fourth-order valence-corrected chi connectivity index (χ4v) is 0.162. The van der Waals surface area contributed by atoms with Gasteiger partial charge >= 0.3 is 7.56 Å². The summed E-state index contributed by atoms with van der Waals surface area (Å²) in [6.45, 7) is 2.53. The molecular formula is C3H7BFO. The van der Waals surface area contributed by atoms with Crippen LogP contribution in [-0.4, -0.2) is 20.7 Å². The Labute approximate surface area is 37.8 Å². The van der Waals surface area contributed by atoms with Crippen molar-refractivity contribution in [2.75, 3.05) is 13.1 Å². The van der Waals surface area contributed by atoms with Crippen molar-refractivity contribution >= 4 is 7.56 Å². The Morgan fingerprint density at radius 3 is 2.67 bits per heavy atom. The van der Waals surface area contributed by atoms with Crippen molar-refractivity contribution in [1.82, 2.24) is 0 Å². The normalized spacial score (nSPS) is 8.33. The number of rotatable bonds is 3. The third-order valence-electron chi connectivity index (χ3n) is 0.385. The van der Waals surface area contributed by atoms with Crippen molar-refractivity contribution in [2.24, 2.45) is 0 Å². The van der Waals surface area contributed by atoms with Gasteiger partial charge in [0.15, 0.2) is 0 Å². The summed E-state index contributed by atoms with van der Waals surface area (Å²) in [4.78, 5) is 0. The maximum atomic E-state index is 10.9. The van der Waals surface area contributed by atoms with Crippen LogP contribution in [0, 0.1) is 0 Å². The Kier molecular flexibility index (Phi) is 4.92. The molecule has 0 saturated carbocycles. The van der Waals surface area contributed by atoms with Crippen LogP contribution in [0.5, 0.6) is 0 Å². The highest BCUT2D eigenvalue weighted by Gasteiger charge is 1.81. The van der Waals surface area contributed by atoms with Crippen LogP contribution in [-0.2, 0) is 4.74 Å². The molecule has 0 amide bonds. The Bertz CT molecular complexity index is 22.8. The summed E-state index contributed by atoms with van der Waals surface area (Å²) in [6.07, 6.45) is 0. The van der Waals surface area contributed by atoms with Gasteiger partial charge < -0.3 is 9.05 Å². The molecule has 0 unspecified atom stereocenters. The topological polar surface area (TPSA) is 9.23 Å². The van der Waals surface area contributed by atoms with Crippen LogP contribution in [0.1, 0.15) is 6.92 Å². The molecule has 0 aliphatic heterocycles. The first-order chi connectivity index (χ1) is 2.91. The quantitative estimate of drug-likeness (QED) is 0.362. The Hall–Kier alpha value is -0.0451. The first-order valence-corrected chi connectivity index (χ1v) is 1.91. The molecule has 35 valence electrons. The first-order valence-electron chi connectivity index (χ1n) is 1.91. The number of ether oxygens (including phenoxy) is 1. The molecule has 0 atom stereocenters. The van der Waals surface area contributed by atoms with E-state index in [1.807, 2.05) is 6.92 Å². The Morgan fingerprint density at radius 1 is 1.83 bits per heavy atom. The van der Waals surface area contributed by atoms with Crippen molar-refractivity contribution in [3.8, 4) is 0 Å². The van der Waals surface area contributed by atoms with E-state index in [0.717, 1.165) is 0 Å². The fourth-order valence-electron chi connectivity index (χ4n) is 0.162. The van der Waals surface area contributed by atoms with Crippen molar-refractivity contribution in [3.63, 3.8) is 0 Å². The van der Waals surface area contributed by atoms with E-state index in [2.05, 4.69) is 4.74 Å². The predicted molar refractivity (Wildman–Crippen MR) is 23.4 cm³/mol. The highest BCUT2D eigenvalue weighted by molar-refractivity contribution is 6.25. The second-order valence-electron chi connectivity index (χ2n) is 0.814. The van der Waals surface area contributed by atoms with Crippen LogP contribution in [0.2, 0.25) is 0 Å². The van der Waals surface area contributed by atoms with Gasteiger partial charge in [-0.2, -0.15) is 0 Å². The SMILES string of the molecule is CCOC[B]F. The van der Waals surface area contributed by atoms with Crippen molar-refractivity contribution < 1.29 is 9.05 Å². The summed E-state index contributed by atoms with van der Waals surface area (Å²) in [5.74, 6) is 0. The van der Waals surface area contributed by atoms with Gasteiger partial charge in [-0.15, -0.1) is 0 Å². The lowest BCUT2D eigenvalue weighted by Crippen LogP contribution is -1.96. The molecule has 0 heterocycles. The Morgan fingerprint density at radius 2 is 2.50 bits per heavy atom. The van der Waals surface area contributed by atoms with Crippen LogP contribution >= 0.6 is 0 Å². The molecule has 0 N–H and O–H groups in total. The van der Waals surface area contributed by atoms with Crippen LogP contribution in [0.4, 0.5) is 4.32 Å². The van der Waals surface area contributed by atoms with E-state index in [1.54, 1.807) is 0 Å². The van der Waals surface area contributed by atoms with Crippen LogP contribution in [0.25, 0.3) is 0 Å². The smallest absolute Gasteiger partial charge is 0.382 e. The zero-order valence-electron chi connectivity index (χ0n) is 3.78. The monoisotopic (exact) mass is 89.1 g/mol. The minimum Gasteiger partial charge on any atom is -0.387 e. The summed E-state index contributed by atoms with van der Waals surface area (Å²) in [5, 5.41) is 0. The third-order valence-corrected chi connectivity index (χ3v) is 0.385. The zero-order chi connectivity index (χ0) is 4.83. The first kappa shape index (κ1) is 5.95. The molecule has 6 heavy (non-hydrogen) atoms. The second kappa shape index (κ2) is 4.95. The van der Waals surface area contributed by atoms with E-state index < -0.39 is 0 Å². The van der Waals surface area contributed by atoms with Crippen molar-refractivity contribution in [2.45, 2.75) is 6.92 Å². The molecule has 0 spiro atoms. The highest BCUT2D eigenvalue weighted by Crippen LogP contribution is 1.68. The van der Waals surface area contributed by atoms with Gasteiger partial charge in [-0.25, -0.2) is 0 Å². The lowest BCUT2D eigenvalue weighted by atomic mass is 10.1. The molecule has 0 aliphatic rings. The van der Waals surface area contributed by atoms with Gasteiger partial charge in [0.1, 0.15) is 0 Å². The number of halogens is 1. The van der Waals surface area contributed by atoms with Gasteiger partial charge in [0.2, 0.25) is 0 Å². The zero-order valence-corrected chi connectivity index (χ0v) is 3.78. The lowest BCUT2D eigenvalue weighted by Gasteiger charge is -1.88. The van der Waals surface area contributed by atoms with Gasteiger partial charge in [0.05, 0.1) is 6.51 Å². The van der Waals surface area contributed by atoms with Gasteiger partial charge in [0, 0.05) is 6.61 Å². The Balaban J connectivity index is 2.34. The molecule has 0 fully saturated rings. The summed E-state index contributed by atoms with van der Waals surface area (Å²) in [6, 6.07) is 0. The average Bonchev–Trinajstić information content (AvgIpc) is 1.61. The lowest BCUT2D eigenvalue weighted by molar-refractivity contribution is 0.189. The molecule has 1 radical (unpaired) electrons. The van der Waals surface area contributed by atoms with E-state index in [0.29, 0.717) is 14.2 Å². The van der Waals surface area contributed by atoms with Crippen LogP contribution in [0.3, 0.4) is 0 Å². The third kappa shape index (κ3) is 3.95. The van der Waals surface area contributed by atoms with E-state index in [9.17, 15) is 4.32 Å². The summed E-state index contributed by atoms with van der Waals surface area (Å²) in [7, 11) is 0.490. The van der Waals surface area contributed by atoms with Crippen LogP contribution in [0.15, 0.2) is 0 Å². The molecule has 0 bridgehead atoms. The number of hydrogen-bond acceptors (Lipinski definition) is 1. The summed E-state index contributed by atoms with van der Waals surface area (Å²) < 4.78 is 15.5. The minimum absolute atomic E-state index is 0.122. The minimum atomic E-state index is 0.122. The van der Waals surface area contributed by atoms with E-state index in [-0.39, 0.29) is 6.51 Å². The van der Waals surface area contributed by atoms with Crippen LogP contribution < -0.4 is 0 Å². The van der Waals surface area contributed by atoms with Crippen molar-refractivity contribution in [3.05, 3.63) is 0 Å². The van der Waals surface area contributed by atoms with Gasteiger partial charge in [-0.1, -0.05) is 0 Å². The second-order valence-corrected chi connectivity index (χ2v) is 0.814. The van der Waals surface area contributed by atoms with E-state index in [4.69, 9.17) is 0 Å². The standard InChI is InChI=1S/C3H7BFO/c1-2-6-3-4-5/h2-3H2,1H3. The largest absolute Gasteiger partial charge is 0.387 e. The molecule has 0 aromatic rings. The molecule has 0 aromatic heterocycles. The fraction of sp³-hybridized carbons (Fsp3) is 1.00. The number of hydrogen-bond donors (Lipinski definition) is 0. The maximum Gasteiger partial charge on any atom is 0.382 e. The molecule has 3 heteroatoms. The summed E-state index contributed by atoms with van der Waals surface area (Å²) >= 11 is 0. The van der Waals surface area contributed by atoms with E-state index in [1.165, 1.54) is 0 Å². The molecular weight excluding hydrogens is 81.8 g/mol. The molecule has 0 saturated heterocycles. The van der Waals surface area contributed by atoms with Crippen molar-refractivity contribution in [1.29, 1.82) is 0 Å². The van der Waals surface area contributed by atoms with Gasteiger partial charge in [-0.3, -0.25) is 0 Å². The molecule has 0 rings (SSSR count). The highest BCUT2D eigenvalue weighted by atomic mass is 19.1. The van der Waals surface area contributed by atoms with E-state index >= 15 is 0 Å². The molecule has 0 aliphatic carbocycles. The molecule has 1 nitrogen and oxygen atoms in total. The predicted octanol–water partition coefficient (Wildman–Crippen LogP) is 0.569. The summed E-state index contributed by atoms with van der Waals surface area (Å²) in [5.41, 5.74) is 0. The van der Waals surface area contributed by atoms with Gasteiger partial charge in [-0.05, 0) is 6.92 Å². The maximum absolute atomic E-state index is 10.9. The molecule has 0 aromatic carbocycles.